The Labute approximate surface area is 192 Å². The van der Waals surface area contributed by atoms with Gasteiger partial charge in [-0.3, -0.25) is 9.59 Å². The van der Waals surface area contributed by atoms with Gasteiger partial charge in [0, 0.05) is 24.6 Å². The third-order valence-electron chi connectivity index (χ3n) is 7.09. The lowest BCUT2D eigenvalue weighted by Gasteiger charge is -2.30. The predicted molar refractivity (Wildman–Crippen MR) is 119 cm³/mol. The van der Waals surface area contributed by atoms with Crippen molar-refractivity contribution in [3.05, 3.63) is 70.8 Å². The lowest BCUT2D eigenvalue weighted by Crippen LogP contribution is -2.47. The van der Waals surface area contributed by atoms with Crippen LogP contribution in [0.1, 0.15) is 48.4 Å². The predicted octanol–water partition coefficient (Wildman–Crippen LogP) is 3.51. The maximum atomic E-state index is 13.4. The highest BCUT2D eigenvalue weighted by molar-refractivity contribution is 6.06. The molecule has 7 heteroatoms. The second kappa shape index (κ2) is 8.04. The van der Waals surface area contributed by atoms with Crippen LogP contribution in [0.3, 0.4) is 0 Å². The van der Waals surface area contributed by atoms with E-state index in [-0.39, 0.29) is 18.5 Å². The SMILES string of the molecule is CC(C1CC1)N(Cc1ccccc1)C(=O)CN1C(=O)O[C@]2(CCc3cc(C#N)ccc32)C1=O. The Balaban J connectivity index is 1.37. The highest BCUT2D eigenvalue weighted by Gasteiger charge is 2.58. The number of benzene rings is 2. The van der Waals surface area contributed by atoms with E-state index in [1.165, 1.54) is 0 Å². The minimum absolute atomic E-state index is 0.0250. The minimum atomic E-state index is -1.40. The average molecular weight is 444 g/mol. The molecule has 1 spiro atoms. The molecule has 2 fully saturated rings. The fraction of sp³-hybridized carbons (Fsp3) is 0.385. The number of imide groups is 1. The van der Waals surface area contributed by atoms with Crippen LogP contribution in [0.2, 0.25) is 0 Å². The number of hydrogen-bond acceptors (Lipinski definition) is 5. The molecule has 2 aliphatic carbocycles. The molecule has 2 atom stereocenters. The molecule has 3 aliphatic rings. The number of rotatable bonds is 6. The molecule has 0 aromatic heterocycles. The van der Waals surface area contributed by atoms with E-state index in [0.29, 0.717) is 36.4 Å². The van der Waals surface area contributed by atoms with Crippen LogP contribution >= 0.6 is 0 Å². The van der Waals surface area contributed by atoms with E-state index < -0.39 is 17.6 Å². The summed E-state index contributed by atoms with van der Waals surface area (Å²) in [6, 6.07) is 16.9. The number of fused-ring (bicyclic) bond motifs is 2. The summed E-state index contributed by atoms with van der Waals surface area (Å²) < 4.78 is 5.64. The molecule has 0 N–H and O–H groups in total. The zero-order valence-corrected chi connectivity index (χ0v) is 18.5. The van der Waals surface area contributed by atoms with E-state index in [4.69, 9.17) is 10.00 Å². The molecule has 1 heterocycles. The lowest BCUT2D eigenvalue weighted by molar-refractivity contribution is -0.143. The first-order valence-electron chi connectivity index (χ1n) is 11.3. The average Bonchev–Trinajstić information content (AvgIpc) is 3.58. The van der Waals surface area contributed by atoms with Gasteiger partial charge in [0.1, 0.15) is 6.54 Å². The van der Waals surface area contributed by atoms with Crippen LogP contribution in [-0.4, -0.2) is 40.3 Å². The van der Waals surface area contributed by atoms with Gasteiger partial charge in [0.2, 0.25) is 11.5 Å². The van der Waals surface area contributed by atoms with Crippen LogP contribution in [0.4, 0.5) is 4.79 Å². The molecule has 2 aromatic carbocycles. The topological polar surface area (TPSA) is 90.7 Å². The molecule has 0 bridgehead atoms. The molecule has 168 valence electrons. The van der Waals surface area contributed by atoms with Gasteiger partial charge in [-0.1, -0.05) is 36.4 Å². The summed E-state index contributed by atoms with van der Waals surface area (Å²) in [7, 11) is 0. The maximum absolute atomic E-state index is 13.4. The summed E-state index contributed by atoms with van der Waals surface area (Å²) >= 11 is 0. The monoisotopic (exact) mass is 443 g/mol. The van der Waals surface area contributed by atoms with Crippen molar-refractivity contribution in [3.8, 4) is 6.07 Å². The molecule has 1 unspecified atom stereocenters. The van der Waals surface area contributed by atoms with Crippen LogP contribution in [0.25, 0.3) is 0 Å². The van der Waals surface area contributed by atoms with Crippen molar-refractivity contribution in [2.45, 2.75) is 50.8 Å². The normalized spacial score (nSPS) is 22.1. The van der Waals surface area contributed by atoms with Crippen LogP contribution in [0.15, 0.2) is 48.5 Å². The van der Waals surface area contributed by atoms with Crippen molar-refractivity contribution < 1.29 is 19.1 Å². The fourth-order valence-corrected chi connectivity index (χ4v) is 5.02. The number of nitrogens with zero attached hydrogens (tertiary/aromatic N) is 3. The molecule has 2 aromatic rings. The number of ether oxygens (including phenoxy) is 1. The number of nitriles is 1. The van der Waals surface area contributed by atoms with Crippen LogP contribution < -0.4 is 0 Å². The van der Waals surface area contributed by atoms with E-state index in [0.717, 1.165) is 28.9 Å². The van der Waals surface area contributed by atoms with Gasteiger partial charge in [-0.15, -0.1) is 0 Å². The molecular formula is C26H25N3O4. The Hall–Kier alpha value is -3.66. The molecule has 1 saturated heterocycles. The maximum Gasteiger partial charge on any atom is 0.418 e. The van der Waals surface area contributed by atoms with Gasteiger partial charge in [0.25, 0.3) is 5.91 Å². The van der Waals surface area contributed by atoms with Gasteiger partial charge < -0.3 is 9.64 Å². The van der Waals surface area contributed by atoms with Crippen molar-refractivity contribution in [2.24, 2.45) is 5.92 Å². The van der Waals surface area contributed by atoms with Crippen molar-refractivity contribution in [2.75, 3.05) is 6.54 Å². The zero-order valence-electron chi connectivity index (χ0n) is 18.5. The van der Waals surface area contributed by atoms with Crippen molar-refractivity contribution >= 4 is 17.9 Å². The van der Waals surface area contributed by atoms with Gasteiger partial charge in [-0.2, -0.15) is 5.26 Å². The van der Waals surface area contributed by atoms with E-state index in [1.807, 2.05) is 37.3 Å². The number of carbonyl (C=O) groups is 3. The summed E-state index contributed by atoms with van der Waals surface area (Å²) in [5.41, 5.74) is 1.55. The third-order valence-corrected chi connectivity index (χ3v) is 7.09. The molecule has 33 heavy (non-hydrogen) atoms. The fourth-order valence-electron chi connectivity index (χ4n) is 5.02. The summed E-state index contributed by atoms with van der Waals surface area (Å²) in [4.78, 5) is 42.3. The van der Waals surface area contributed by atoms with E-state index >= 15 is 0 Å². The quantitative estimate of drug-likeness (QED) is 0.682. The molecule has 3 amide bonds. The summed E-state index contributed by atoms with van der Waals surface area (Å²) in [6.07, 6.45) is 2.22. The largest absolute Gasteiger partial charge is 0.427 e. The lowest BCUT2D eigenvalue weighted by atomic mass is 9.94. The summed E-state index contributed by atoms with van der Waals surface area (Å²) in [5.74, 6) is -0.317. The first-order chi connectivity index (χ1) is 15.9. The molecular weight excluding hydrogens is 418 g/mol. The molecule has 5 rings (SSSR count). The molecule has 7 nitrogen and oxygen atoms in total. The van der Waals surface area contributed by atoms with Crippen molar-refractivity contribution in [3.63, 3.8) is 0 Å². The smallest absolute Gasteiger partial charge is 0.418 e. The second-order valence-electron chi connectivity index (χ2n) is 9.16. The Morgan fingerprint density at radius 2 is 2.00 bits per heavy atom. The number of carbonyl (C=O) groups excluding carboxylic acids is 3. The van der Waals surface area contributed by atoms with Crippen LogP contribution in [0, 0.1) is 17.2 Å². The Morgan fingerprint density at radius 1 is 1.24 bits per heavy atom. The van der Waals surface area contributed by atoms with Crippen molar-refractivity contribution in [1.82, 2.24) is 9.80 Å². The number of hydrogen-bond donors (Lipinski definition) is 0. The van der Waals surface area contributed by atoms with E-state index in [1.54, 1.807) is 23.1 Å². The Kier molecular flexibility index (Phi) is 5.16. The molecule has 1 aliphatic heterocycles. The Morgan fingerprint density at radius 3 is 2.70 bits per heavy atom. The van der Waals surface area contributed by atoms with Gasteiger partial charge >= 0.3 is 6.09 Å². The second-order valence-corrected chi connectivity index (χ2v) is 9.16. The van der Waals surface area contributed by atoms with Crippen molar-refractivity contribution in [1.29, 1.82) is 5.26 Å². The standard InChI is InChI=1S/C26H25N3O4/c1-17(20-8-9-20)28(15-18-5-3-2-4-6-18)23(30)16-29-24(31)26(33-25(29)32)12-11-21-13-19(14-27)7-10-22(21)26/h2-7,10,13,17,20H,8-9,11-12,15-16H2,1H3/t17?,26-/m0/s1. The zero-order chi connectivity index (χ0) is 23.2. The van der Waals surface area contributed by atoms with Gasteiger partial charge in [-0.05, 0) is 55.4 Å². The molecule has 0 radical (unpaired) electrons. The highest BCUT2D eigenvalue weighted by Crippen LogP contribution is 2.45. The third kappa shape index (κ3) is 3.66. The first-order valence-corrected chi connectivity index (χ1v) is 11.3. The van der Waals surface area contributed by atoms with Gasteiger partial charge in [0.05, 0.1) is 11.6 Å². The van der Waals surface area contributed by atoms with E-state index in [2.05, 4.69) is 6.07 Å². The summed E-state index contributed by atoms with van der Waals surface area (Å²) in [6.45, 7) is 2.12. The Bertz CT molecular complexity index is 1170. The van der Waals surface area contributed by atoms with Crippen LogP contribution in [0.5, 0.6) is 0 Å². The number of aryl methyl sites for hydroxylation is 1. The van der Waals surface area contributed by atoms with E-state index in [9.17, 15) is 14.4 Å². The van der Waals surface area contributed by atoms with Gasteiger partial charge in [0.15, 0.2) is 0 Å². The molecule has 1 saturated carbocycles. The highest BCUT2D eigenvalue weighted by atomic mass is 16.6. The first kappa shape index (κ1) is 21.2. The minimum Gasteiger partial charge on any atom is -0.427 e. The van der Waals surface area contributed by atoms with Crippen LogP contribution in [-0.2, 0) is 32.9 Å². The summed E-state index contributed by atoms with van der Waals surface area (Å²) in [5, 5.41) is 9.15. The van der Waals surface area contributed by atoms with Gasteiger partial charge in [-0.25, -0.2) is 9.69 Å². The number of amides is 3.